The van der Waals surface area contributed by atoms with Crippen LogP contribution in [0.4, 0.5) is 0 Å². The first-order chi connectivity index (χ1) is 13.2. The van der Waals surface area contributed by atoms with Crippen LogP contribution in [0.1, 0.15) is 103 Å². The van der Waals surface area contributed by atoms with Crippen molar-refractivity contribution in [2.24, 2.45) is 0 Å². The van der Waals surface area contributed by atoms with Gasteiger partial charge in [0, 0.05) is 18.8 Å². The topological polar surface area (TPSA) is 69.2 Å². The summed E-state index contributed by atoms with van der Waals surface area (Å²) in [5, 5.41) is 13.8. The zero-order chi connectivity index (χ0) is 21.3. The Labute approximate surface area is 173 Å². The van der Waals surface area contributed by atoms with E-state index in [9.17, 15) is 14.7 Å². The van der Waals surface area contributed by atoms with E-state index >= 15 is 0 Å². The van der Waals surface area contributed by atoms with Crippen LogP contribution < -0.4 is 10.4 Å². The molecule has 0 rings (SSSR count). The third-order valence-electron chi connectivity index (χ3n) is 5.05. The van der Waals surface area contributed by atoms with Crippen molar-refractivity contribution in [1.82, 2.24) is 5.32 Å². The summed E-state index contributed by atoms with van der Waals surface area (Å²) >= 11 is 0. The second-order valence-electron chi connectivity index (χ2n) is 9.31. The Morgan fingerprint density at radius 3 is 1.61 bits per heavy atom. The highest BCUT2D eigenvalue weighted by Gasteiger charge is 2.20. The lowest BCUT2D eigenvalue weighted by molar-refractivity contribution is -0.871. The maximum Gasteiger partial charge on any atom is 0.220 e. The number of carbonyl (C=O) groups is 2. The minimum absolute atomic E-state index is 0.0391. The predicted molar refractivity (Wildman–Crippen MR) is 115 cm³/mol. The number of aliphatic carboxylic acids is 1. The molecule has 1 N–H and O–H groups in total. The van der Waals surface area contributed by atoms with Gasteiger partial charge in [0.15, 0.2) is 0 Å². The van der Waals surface area contributed by atoms with E-state index in [2.05, 4.69) is 12.2 Å². The minimum atomic E-state index is -1.11. The average Bonchev–Trinajstić information content (AvgIpc) is 2.56. The quantitative estimate of drug-likeness (QED) is 0.266. The summed E-state index contributed by atoms with van der Waals surface area (Å²) in [6, 6.07) is -0.362. The first kappa shape index (κ1) is 26.9. The van der Waals surface area contributed by atoms with Crippen molar-refractivity contribution in [3.8, 4) is 0 Å². The second kappa shape index (κ2) is 16.8. The van der Waals surface area contributed by atoms with Gasteiger partial charge < -0.3 is 19.7 Å². The maximum absolute atomic E-state index is 12.1. The Morgan fingerprint density at radius 2 is 1.21 bits per heavy atom. The standard InChI is InChI=1S/C23H46N2O3/c1-5-6-7-8-9-10-11-12-13-14-15-16-17-18-22(26)24-21(19-23(27)28)20-25(2,3)4/h21H,5-20H2,1-4H3,(H-,24,26,27,28)/t21-/m0/s1. The number of rotatable bonds is 19. The van der Waals surface area contributed by atoms with Crippen LogP contribution in [0.15, 0.2) is 0 Å². The Balaban J connectivity index is 3.63. The number of likely N-dealkylation sites (N-methyl/N-ethyl adjacent to an activating group) is 1. The average molecular weight is 399 g/mol. The van der Waals surface area contributed by atoms with Gasteiger partial charge in [-0.3, -0.25) is 4.79 Å². The number of carbonyl (C=O) groups excluding carboxylic acids is 2. The fourth-order valence-electron chi connectivity index (χ4n) is 3.63. The highest BCUT2D eigenvalue weighted by molar-refractivity contribution is 5.77. The van der Waals surface area contributed by atoms with Crippen LogP contribution in [0.2, 0.25) is 0 Å². The predicted octanol–water partition coefficient (Wildman–Crippen LogP) is 3.80. The second-order valence-corrected chi connectivity index (χ2v) is 9.31. The van der Waals surface area contributed by atoms with E-state index in [-0.39, 0.29) is 18.4 Å². The molecule has 166 valence electrons. The van der Waals surface area contributed by atoms with Crippen LogP contribution in [-0.2, 0) is 9.59 Å². The Morgan fingerprint density at radius 1 is 0.786 bits per heavy atom. The van der Waals surface area contributed by atoms with Crippen LogP contribution in [0.25, 0.3) is 0 Å². The van der Waals surface area contributed by atoms with E-state index in [1.807, 2.05) is 21.1 Å². The van der Waals surface area contributed by atoms with Gasteiger partial charge in [-0.2, -0.15) is 0 Å². The van der Waals surface area contributed by atoms with Crippen LogP contribution in [-0.4, -0.2) is 50.1 Å². The van der Waals surface area contributed by atoms with E-state index < -0.39 is 5.97 Å². The summed E-state index contributed by atoms with van der Waals surface area (Å²) in [6.07, 6.45) is 17.0. The van der Waals surface area contributed by atoms with E-state index in [4.69, 9.17) is 0 Å². The molecule has 0 aromatic heterocycles. The molecule has 5 heteroatoms. The number of quaternary nitrogens is 1. The molecule has 0 aliphatic carbocycles. The van der Waals surface area contributed by atoms with Crippen LogP contribution >= 0.6 is 0 Å². The van der Waals surface area contributed by atoms with E-state index in [1.54, 1.807) is 0 Å². The van der Waals surface area contributed by atoms with Gasteiger partial charge >= 0.3 is 0 Å². The normalized spacial score (nSPS) is 12.7. The Kier molecular flexibility index (Phi) is 16.2. The number of nitrogens with one attached hydrogen (secondary N) is 1. The summed E-state index contributed by atoms with van der Waals surface area (Å²) in [7, 11) is 5.96. The van der Waals surface area contributed by atoms with Crippen molar-refractivity contribution in [2.75, 3.05) is 27.7 Å². The lowest BCUT2D eigenvalue weighted by Gasteiger charge is -2.30. The smallest absolute Gasteiger partial charge is 0.220 e. The lowest BCUT2D eigenvalue weighted by Crippen LogP contribution is -2.50. The molecule has 0 radical (unpaired) electrons. The molecule has 0 aromatic rings. The number of carboxylic acid groups (broad SMARTS) is 1. The highest BCUT2D eigenvalue weighted by Crippen LogP contribution is 2.13. The summed E-state index contributed by atoms with van der Waals surface area (Å²) in [5.74, 6) is -1.15. The Hall–Kier alpha value is -1.10. The third-order valence-corrected chi connectivity index (χ3v) is 5.05. The number of hydrogen-bond acceptors (Lipinski definition) is 3. The number of hydrogen-bond donors (Lipinski definition) is 1. The first-order valence-electron chi connectivity index (χ1n) is 11.5. The number of unbranched alkanes of at least 4 members (excludes halogenated alkanes) is 12. The van der Waals surface area contributed by atoms with Crippen LogP contribution in [0.3, 0.4) is 0 Å². The van der Waals surface area contributed by atoms with Gasteiger partial charge in [-0.1, -0.05) is 84.0 Å². The molecule has 0 bridgehead atoms. The lowest BCUT2D eigenvalue weighted by atomic mass is 10.0. The van der Waals surface area contributed by atoms with Gasteiger partial charge in [-0.15, -0.1) is 0 Å². The summed E-state index contributed by atoms with van der Waals surface area (Å²) in [5.41, 5.74) is 0. The summed E-state index contributed by atoms with van der Waals surface area (Å²) in [4.78, 5) is 23.0. The molecule has 0 saturated heterocycles. The molecule has 1 amide bonds. The molecule has 0 saturated carbocycles. The molecular weight excluding hydrogens is 352 g/mol. The van der Waals surface area contributed by atoms with Gasteiger partial charge in [0.1, 0.15) is 0 Å². The molecule has 0 fully saturated rings. The maximum atomic E-state index is 12.1. The van der Waals surface area contributed by atoms with Crippen molar-refractivity contribution in [1.29, 1.82) is 0 Å². The van der Waals surface area contributed by atoms with Crippen molar-refractivity contribution in [3.63, 3.8) is 0 Å². The molecular formula is C23H46N2O3. The van der Waals surface area contributed by atoms with Crippen molar-refractivity contribution in [3.05, 3.63) is 0 Å². The van der Waals surface area contributed by atoms with Crippen molar-refractivity contribution < 1.29 is 19.2 Å². The number of nitrogens with zero attached hydrogens (tertiary/aromatic N) is 1. The zero-order valence-corrected chi connectivity index (χ0v) is 19.1. The molecule has 0 aliphatic heterocycles. The largest absolute Gasteiger partial charge is 0.550 e. The molecule has 0 heterocycles. The molecule has 0 unspecified atom stereocenters. The van der Waals surface area contributed by atoms with Gasteiger partial charge in [0.2, 0.25) is 5.91 Å². The van der Waals surface area contributed by atoms with Gasteiger partial charge in [0.25, 0.3) is 0 Å². The SMILES string of the molecule is CCCCCCCCCCCCCCCC(=O)N[C@@H](CC(=O)[O-])C[N+](C)(C)C. The summed E-state index contributed by atoms with van der Waals surface area (Å²) < 4.78 is 0.608. The Bertz CT molecular complexity index is 405. The molecule has 28 heavy (non-hydrogen) atoms. The highest BCUT2D eigenvalue weighted by atomic mass is 16.4. The third kappa shape index (κ3) is 19.7. The fourth-order valence-corrected chi connectivity index (χ4v) is 3.63. The number of carboxylic acids is 1. The monoisotopic (exact) mass is 398 g/mol. The molecule has 0 aromatic carbocycles. The van der Waals surface area contributed by atoms with Crippen molar-refractivity contribution >= 4 is 11.9 Å². The fraction of sp³-hybridized carbons (Fsp3) is 0.913. The molecule has 0 aliphatic rings. The number of amides is 1. The van der Waals surface area contributed by atoms with Gasteiger partial charge in [-0.05, 0) is 6.42 Å². The minimum Gasteiger partial charge on any atom is -0.550 e. The van der Waals surface area contributed by atoms with Gasteiger partial charge in [-0.25, -0.2) is 0 Å². The van der Waals surface area contributed by atoms with Crippen LogP contribution in [0.5, 0.6) is 0 Å². The van der Waals surface area contributed by atoms with E-state index in [0.29, 0.717) is 17.4 Å². The molecule has 5 nitrogen and oxygen atoms in total. The van der Waals surface area contributed by atoms with Crippen molar-refractivity contribution in [2.45, 2.75) is 109 Å². The van der Waals surface area contributed by atoms with Crippen LogP contribution in [0, 0.1) is 0 Å². The first-order valence-corrected chi connectivity index (χ1v) is 11.5. The van der Waals surface area contributed by atoms with E-state index in [0.717, 1.165) is 12.8 Å². The zero-order valence-electron chi connectivity index (χ0n) is 19.1. The molecule has 0 spiro atoms. The van der Waals surface area contributed by atoms with E-state index in [1.165, 1.54) is 70.6 Å². The molecule has 1 atom stereocenters. The summed E-state index contributed by atoms with van der Waals surface area (Å²) in [6.45, 7) is 2.84. The van der Waals surface area contributed by atoms with Gasteiger partial charge in [0.05, 0.1) is 33.7 Å².